The number of carbonyl (C=O) groups excluding carboxylic acids is 4. The van der Waals surface area contributed by atoms with Crippen LogP contribution in [0.5, 0.6) is 0 Å². The molecular weight excluding hydrogens is 896 g/mol. The standard InChI is InChI=1S/C27H39N3O4.C25H37N3O3.C2H3ClO/c1-19(31)33-18-25(21-11-15-30(16-12-21)26(32)34-27(2,3)4)29-13-9-20(10-14-29)23-17-28-24-8-6-5-7-22(23)24;1-25(2,3)31-24(30)28-14-10-19(11-15-28)23(17-29)27-12-8-18(9-13-27)21-16-26-22-7-5-4-6-20(21)22;1-2(3)4/h5-8,17,20-21,25,28H,9-16,18H2,1-4H3;4-7,16,18-19,23,26,29H,8-15,17H2,1-3H3;1H3. The molecule has 2 amide bonds. The van der Waals surface area contributed by atoms with Crippen LogP contribution in [-0.2, 0) is 23.8 Å². The van der Waals surface area contributed by atoms with Crippen LogP contribution in [0, 0.1) is 11.8 Å². The van der Waals surface area contributed by atoms with Crippen molar-refractivity contribution in [3.8, 4) is 0 Å². The number of aliphatic hydroxyl groups excluding tert-OH is 1. The maximum absolute atomic E-state index is 12.5. The third-order valence-electron chi connectivity index (χ3n) is 14.2. The molecule has 2 unspecified atom stereocenters. The minimum Gasteiger partial charge on any atom is -0.464 e. The molecule has 69 heavy (non-hydrogen) atoms. The van der Waals surface area contributed by atoms with Gasteiger partial charge in [0.15, 0.2) is 0 Å². The molecule has 4 saturated heterocycles. The fraction of sp³-hybridized carbons (Fsp3) is 0.630. The van der Waals surface area contributed by atoms with E-state index in [0.29, 0.717) is 56.5 Å². The Hall–Kier alpha value is -4.63. The summed E-state index contributed by atoms with van der Waals surface area (Å²) in [4.78, 5) is 61.1. The van der Waals surface area contributed by atoms with Crippen molar-refractivity contribution in [1.29, 1.82) is 0 Å². The van der Waals surface area contributed by atoms with Gasteiger partial charge in [-0.2, -0.15) is 0 Å². The number of ether oxygens (including phenoxy) is 3. The number of likely N-dealkylation sites (tertiary alicyclic amines) is 4. The number of esters is 1. The van der Waals surface area contributed by atoms with Crippen LogP contribution in [0.3, 0.4) is 0 Å². The van der Waals surface area contributed by atoms with E-state index < -0.39 is 11.2 Å². The highest BCUT2D eigenvalue weighted by molar-refractivity contribution is 6.62. The SMILES string of the molecule is CC(=O)Cl.CC(=O)OCC(C1CCN(C(=O)OC(C)(C)C)CC1)N1CCC(c2c[nH]c3ccccc23)CC1.CC(C)(C)OC(=O)N1CCC(C(CO)N2CCC(c3c[nH]c4ccccc34)CC2)CC1. The number of piperidine rings is 4. The number of fused-ring (bicyclic) bond motifs is 2. The second-order valence-electron chi connectivity index (χ2n) is 21.4. The van der Waals surface area contributed by atoms with Gasteiger partial charge in [-0.15, -0.1) is 0 Å². The zero-order chi connectivity index (χ0) is 49.9. The third-order valence-corrected chi connectivity index (χ3v) is 14.2. The second-order valence-corrected chi connectivity index (χ2v) is 21.9. The van der Waals surface area contributed by atoms with Gasteiger partial charge in [0.1, 0.15) is 17.8 Å². The average molecular weight is 976 g/mol. The Morgan fingerprint density at radius 3 is 1.33 bits per heavy atom. The maximum atomic E-state index is 12.5. The molecule has 2 atom stereocenters. The molecule has 2 aromatic carbocycles. The van der Waals surface area contributed by atoms with Gasteiger partial charge in [-0.25, -0.2) is 9.59 Å². The van der Waals surface area contributed by atoms with E-state index in [1.165, 1.54) is 46.8 Å². The van der Waals surface area contributed by atoms with Gasteiger partial charge in [0.2, 0.25) is 5.24 Å². The molecule has 15 heteroatoms. The molecule has 4 fully saturated rings. The first kappa shape index (κ1) is 53.7. The fourth-order valence-electron chi connectivity index (χ4n) is 10.8. The number of hydrogen-bond acceptors (Lipinski definition) is 10. The lowest BCUT2D eigenvalue weighted by molar-refractivity contribution is -0.144. The van der Waals surface area contributed by atoms with Crippen LogP contribution in [0.2, 0.25) is 0 Å². The molecule has 6 heterocycles. The van der Waals surface area contributed by atoms with Crippen molar-refractivity contribution in [1.82, 2.24) is 29.6 Å². The second kappa shape index (κ2) is 24.5. The number of aromatic nitrogens is 2. The minimum atomic E-state index is -0.485. The topological polar surface area (TPSA) is 161 Å². The summed E-state index contributed by atoms with van der Waals surface area (Å²) in [6.07, 6.45) is 12.0. The summed E-state index contributed by atoms with van der Waals surface area (Å²) in [5.41, 5.74) is 4.31. The van der Waals surface area contributed by atoms with Gasteiger partial charge in [0.25, 0.3) is 0 Å². The smallest absolute Gasteiger partial charge is 0.410 e. The molecule has 0 aliphatic carbocycles. The Balaban J connectivity index is 0.000000211. The van der Waals surface area contributed by atoms with Crippen LogP contribution in [0.1, 0.15) is 130 Å². The van der Waals surface area contributed by atoms with Gasteiger partial charge >= 0.3 is 18.2 Å². The molecule has 0 bridgehead atoms. The lowest BCUT2D eigenvalue weighted by Gasteiger charge is -2.43. The van der Waals surface area contributed by atoms with Crippen LogP contribution in [0.4, 0.5) is 9.59 Å². The van der Waals surface area contributed by atoms with E-state index in [9.17, 15) is 24.3 Å². The van der Waals surface area contributed by atoms with E-state index >= 15 is 0 Å². The number of para-hydroxylation sites is 2. The van der Waals surface area contributed by atoms with Crippen LogP contribution < -0.4 is 0 Å². The van der Waals surface area contributed by atoms with Crippen LogP contribution >= 0.6 is 11.6 Å². The predicted octanol–water partition coefficient (Wildman–Crippen LogP) is 10.1. The Kier molecular flexibility index (Phi) is 19.0. The number of benzene rings is 2. The van der Waals surface area contributed by atoms with Gasteiger partial charge < -0.3 is 39.1 Å². The Labute approximate surface area is 414 Å². The molecule has 8 rings (SSSR count). The van der Waals surface area contributed by atoms with Gasteiger partial charge in [-0.1, -0.05) is 36.4 Å². The summed E-state index contributed by atoms with van der Waals surface area (Å²) < 4.78 is 16.6. The van der Waals surface area contributed by atoms with Crippen molar-refractivity contribution in [2.45, 2.75) is 142 Å². The zero-order valence-corrected chi connectivity index (χ0v) is 43.2. The number of aliphatic hydroxyl groups is 1. The number of rotatable bonds is 9. The molecule has 14 nitrogen and oxygen atoms in total. The first-order valence-electron chi connectivity index (χ1n) is 25.3. The Morgan fingerprint density at radius 1 is 0.609 bits per heavy atom. The molecule has 4 aromatic rings. The maximum Gasteiger partial charge on any atom is 0.410 e. The monoisotopic (exact) mass is 975 g/mol. The van der Waals surface area contributed by atoms with Crippen LogP contribution in [0.25, 0.3) is 21.8 Å². The number of nitrogens with zero attached hydrogens (tertiary/aromatic N) is 4. The molecule has 4 aliphatic heterocycles. The highest BCUT2D eigenvalue weighted by atomic mass is 35.5. The third kappa shape index (κ3) is 15.4. The molecule has 380 valence electrons. The van der Waals surface area contributed by atoms with E-state index in [0.717, 1.165) is 77.5 Å². The largest absolute Gasteiger partial charge is 0.464 e. The van der Waals surface area contributed by atoms with Crippen molar-refractivity contribution >= 4 is 56.8 Å². The fourth-order valence-corrected chi connectivity index (χ4v) is 10.8. The summed E-state index contributed by atoms with van der Waals surface area (Å²) in [6, 6.07) is 17.4. The van der Waals surface area contributed by atoms with Crippen molar-refractivity contribution < 1.29 is 38.5 Å². The van der Waals surface area contributed by atoms with Crippen LogP contribution in [-0.4, -0.2) is 147 Å². The summed E-state index contributed by atoms with van der Waals surface area (Å²) >= 11 is 4.64. The molecule has 0 saturated carbocycles. The highest BCUT2D eigenvalue weighted by Gasteiger charge is 2.37. The minimum absolute atomic E-state index is 0.185. The molecule has 0 radical (unpaired) electrons. The summed E-state index contributed by atoms with van der Waals surface area (Å²) in [7, 11) is 0. The molecule has 0 spiro atoms. The molecule has 3 N–H and O–H groups in total. The number of carbonyl (C=O) groups is 4. The number of halogens is 1. The van der Waals surface area contributed by atoms with Gasteiger partial charge in [-0.05, 0) is 178 Å². The average Bonchev–Trinajstić information content (AvgIpc) is 3.94. The lowest BCUT2D eigenvalue weighted by Crippen LogP contribution is -2.51. The molecule has 2 aromatic heterocycles. The van der Waals surface area contributed by atoms with Crippen molar-refractivity contribution in [2.75, 3.05) is 65.6 Å². The number of hydrogen-bond donors (Lipinski definition) is 3. The van der Waals surface area contributed by atoms with E-state index in [1.54, 1.807) is 0 Å². The predicted molar refractivity (Wildman–Crippen MR) is 273 cm³/mol. The number of aromatic amines is 2. The highest BCUT2D eigenvalue weighted by Crippen LogP contribution is 2.37. The van der Waals surface area contributed by atoms with E-state index in [4.69, 9.17) is 14.2 Å². The van der Waals surface area contributed by atoms with Crippen molar-refractivity contribution in [3.05, 3.63) is 72.1 Å². The van der Waals surface area contributed by atoms with Crippen molar-refractivity contribution in [2.24, 2.45) is 11.8 Å². The summed E-state index contributed by atoms with van der Waals surface area (Å²) in [6.45, 7) is 21.6. The van der Waals surface area contributed by atoms with Gasteiger partial charge in [0.05, 0.1) is 6.61 Å². The molecule has 4 aliphatic rings. The number of amides is 2. The summed E-state index contributed by atoms with van der Waals surface area (Å²) in [5, 5.41) is 12.5. The Morgan fingerprint density at radius 2 is 0.971 bits per heavy atom. The lowest BCUT2D eigenvalue weighted by atomic mass is 9.84. The Bertz CT molecular complexity index is 2260. The first-order chi connectivity index (χ1) is 32.8. The number of H-pyrrole nitrogens is 2. The summed E-state index contributed by atoms with van der Waals surface area (Å²) in [5.74, 6) is 1.69. The zero-order valence-electron chi connectivity index (χ0n) is 42.4. The van der Waals surface area contributed by atoms with Gasteiger partial charge in [-0.3, -0.25) is 19.4 Å². The van der Waals surface area contributed by atoms with E-state index in [1.807, 2.05) is 51.3 Å². The number of nitrogens with one attached hydrogen (secondary N) is 2. The van der Waals surface area contributed by atoms with Crippen LogP contribution in [0.15, 0.2) is 60.9 Å². The normalized spacial score (nSPS) is 19.5. The quantitative estimate of drug-likeness (QED) is 0.0837. The van der Waals surface area contributed by atoms with E-state index in [2.05, 4.69) is 92.3 Å². The van der Waals surface area contributed by atoms with Crippen molar-refractivity contribution in [3.63, 3.8) is 0 Å². The first-order valence-corrected chi connectivity index (χ1v) is 25.6. The molecular formula is C54H79ClN6O8. The van der Waals surface area contributed by atoms with Gasteiger partial charge in [0, 0.05) is 86.3 Å². The van der Waals surface area contributed by atoms with E-state index in [-0.39, 0.29) is 42.1 Å².